The van der Waals surface area contributed by atoms with Crippen molar-refractivity contribution in [3.8, 4) is 10.6 Å². The number of nitrogens with two attached hydrogens (primary N) is 1. The van der Waals surface area contributed by atoms with Crippen LogP contribution in [-0.2, 0) is 6.54 Å². The molecule has 2 aromatic rings. The Morgan fingerprint density at radius 1 is 1.33 bits per heavy atom. The van der Waals surface area contributed by atoms with Crippen LogP contribution in [0.25, 0.3) is 10.6 Å². The minimum absolute atomic E-state index is 0. The predicted octanol–water partition coefficient (Wildman–Crippen LogP) is 3.46. The highest BCUT2D eigenvalue weighted by atomic mass is 35.5. The van der Waals surface area contributed by atoms with Crippen LogP contribution in [0.15, 0.2) is 29.6 Å². The number of hydrogen-bond donors (Lipinski definition) is 1. The number of hydrogen-bond acceptors (Lipinski definition) is 4. The largest absolute Gasteiger partial charge is 0.329 e. The Kier molecular flexibility index (Phi) is 5.76. The van der Waals surface area contributed by atoms with E-state index < -0.39 is 0 Å². The highest BCUT2D eigenvalue weighted by molar-refractivity contribution is 7.13. The van der Waals surface area contributed by atoms with Gasteiger partial charge in [-0.1, -0.05) is 29.8 Å². The molecule has 1 aliphatic heterocycles. The molecule has 2 N–H and O–H groups in total. The maximum Gasteiger partial charge on any atom is 0.123 e. The summed E-state index contributed by atoms with van der Waals surface area (Å²) in [5.41, 5.74) is 9.50. The SMILES string of the molecule is Cc1ccc(-c2nc(CN3CCCC3CN)cs2)cc1.Cl. The Balaban J connectivity index is 0.00000161. The van der Waals surface area contributed by atoms with E-state index in [1.807, 2.05) is 0 Å². The number of benzene rings is 1. The van der Waals surface area contributed by atoms with Gasteiger partial charge in [-0.3, -0.25) is 4.90 Å². The summed E-state index contributed by atoms with van der Waals surface area (Å²) in [5, 5.41) is 3.30. The van der Waals surface area contributed by atoms with E-state index in [1.165, 1.54) is 29.7 Å². The third kappa shape index (κ3) is 3.83. The van der Waals surface area contributed by atoms with Gasteiger partial charge in [0.1, 0.15) is 5.01 Å². The first-order chi connectivity index (χ1) is 9.76. The number of thiazole rings is 1. The van der Waals surface area contributed by atoms with Crippen molar-refractivity contribution in [1.29, 1.82) is 0 Å². The van der Waals surface area contributed by atoms with Gasteiger partial charge >= 0.3 is 0 Å². The Bertz CT molecular complexity index is 567. The van der Waals surface area contributed by atoms with Crippen LogP contribution in [0.5, 0.6) is 0 Å². The third-order valence-corrected chi connectivity index (χ3v) is 4.93. The molecule has 21 heavy (non-hydrogen) atoms. The summed E-state index contributed by atoms with van der Waals surface area (Å²) in [6.45, 7) is 4.95. The molecule has 0 aliphatic carbocycles. The maximum atomic E-state index is 5.83. The zero-order valence-electron chi connectivity index (χ0n) is 12.3. The Morgan fingerprint density at radius 3 is 2.81 bits per heavy atom. The van der Waals surface area contributed by atoms with E-state index in [9.17, 15) is 0 Å². The average molecular weight is 324 g/mol. The van der Waals surface area contributed by atoms with Gasteiger partial charge in [-0.05, 0) is 26.3 Å². The Hall–Kier alpha value is -0.940. The van der Waals surface area contributed by atoms with Gasteiger partial charge in [-0.15, -0.1) is 23.7 Å². The number of aryl methyl sites for hydroxylation is 1. The van der Waals surface area contributed by atoms with Crippen molar-refractivity contribution in [3.63, 3.8) is 0 Å². The van der Waals surface area contributed by atoms with Gasteiger partial charge in [0.05, 0.1) is 5.69 Å². The van der Waals surface area contributed by atoms with E-state index in [0.29, 0.717) is 6.04 Å². The summed E-state index contributed by atoms with van der Waals surface area (Å²) in [4.78, 5) is 7.24. The fraction of sp³-hybridized carbons (Fsp3) is 0.438. The molecule has 0 amide bonds. The summed E-state index contributed by atoms with van der Waals surface area (Å²) >= 11 is 1.73. The zero-order valence-corrected chi connectivity index (χ0v) is 13.9. The zero-order chi connectivity index (χ0) is 13.9. The molecule has 1 aliphatic rings. The number of likely N-dealkylation sites (tertiary alicyclic amines) is 1. The smallest absolute Gasteiger partial charge is 0.123 e. The molecule has 2 heterocycles. The van der Waals surface area contributed by atoms with Crippen LogP contribution in [0.2, 0.25) is 0 Å². The molecule has 3 nitrogen and oxygen atoms in total. The average Bonchev–Trinajstić information content (AvgIpc) is 3.09. The van der Waals surface area contributed by atoms with E-state index in [0.717, 1.165) is 24.6 Å². The van der Waals surface area contributed by atoms with Crippen LogP contribution in [-0.4, -0.2) is 29.0 Å². The van der Waals surface area contributed by atoms with Crippen molar-refractivity contribution < 1.29 is 0 Å². The molecule has 0 saturated carbocycles. The van der Waals surface area contributed by atoms with Gasteiger partial charge in [-0.2, -0.15) is 0 Å². The van der Waals surface area contributed by atoms with Crippen molar-refractivity contribution in [2.75, 3.05) is 13.1 Å². The molecule has 0 spiro atoms. The van der Waals surface area contributed by atoms with Crippen LogP contribution in [0.4, 0.5) is 0 Å². The molecule has 114 valence electrons. The molecule has 3 rings (SSSR count). The van der Waals surface area contributed by atoms with Gasteiger partial charge in [0.25, 0.3) is 0 Å². The lowest BCUT2D eigenvalue weighted by Gasteiger charge is -2.21. The van der Waals surface area contributed by atoms with E-state index in [2.05, 4.69) is 41.5 Å². The predicted molar refractivity (Wildman–Crippen MR) is 92.0 cm³/mol. The minimum Gasteiger partial charge on any atom is -0.329 e. The highest BCUT2D eigenvalue weighted by Gasteiger charge is 2.23. The number of aromatic nitrogens is 1. The molecule has 5 heteroatoms. The molecule has 0 radical (unpaired) electrons. The number of rotatable bonds is 4. The van der Waals surface area contributed by atoms with Gasteiger partial charge in [-0.25, -0.2) is 4.98 Å². The molecular formula is C16H22ClN3S. The molecular weight excluding hydrogens is 302 g/mol. The van der Waals surface area contributed by atoms with Crippen LogP contribution >= 0.6 is 23.7 Å². The standard InChI is InChI=1S/C16H21N3S.ClH/c1-12-4-6-13(7-5-12)16-18-14(11-20-16)10-19-8-2-3-15(19)9-17;/h4-7,11,15H,2-3,8-10,17H2,1H3;1H. The Labute approximate surface area is 136 Å². The Morgan fingerprint density at radius 2 is 2.10 bits per heavy atom. The van der Waals surface area contributed by atoms with E-state index in [1.54, 1.807) is 11.3 Å². The van der Waals surface area contributed by atoms with Gasteiger partial charge < -0.3 is 5.73 Å². The van der Waals surface area contributed by atoms with E-state index in [-0.39, 0.29) is 12.4 Å². The fourth-order valence-corrected chi connectivity index (χ4v) is 3.60. The highest BCUT2D eigenvalue weighted by Crippen LogP contribution is 2.26. The van der Waals surface area contributed by atoms with Crippen molar-refractivity contribution in [2.24, 2.45) is 5.73 Å². The monoisotopic (exact) mass is 323 g/mol. The lowest BCUT2D eigenvalue weighted by molar-refractivity contribution is 0.248. The number of nitrogens with zero attached hydrogens (tertiary/aromatic N) is 2. The van der Waals surface area contributed by atoms with Gasteiger partial charge in [0.15, 0.2) is 0 Å². The second-order valence-electron chi connectivity index (χ2n) is 5.51. The van der Waals surface area contributed by atoms with Gasteiger partial charge in [0, 0.05) is 30.1 Å². The molecule has 1 fully saturated rings. The molecule has 1 unspecified atom stereocenters. The third-order valence-electron chi connectivity index (χ3n) is 3.99. The maximum absolute atomic E-state index is 5.83. The minimum atomic E-state index is 0. The van der Waals surface area contributed by atoms with Crippen LogP contribution in [0.1, 0.15) is 24.1 Å². The first kappa shape index (κ1) is 16.4. The second kappa shape index (κ2) is 7.36. The first-order valence-corrected chi connectivity index (χ1v) is 8.10. The van der Waals surface area contributed by atoms with Gasteiger partial charge in [0.2, 0.25) is 0 Å². The van der Waals surface area contributed by atoms with Crippen molar-refractivity contribution in [1.82, 2.24) is 9.88 Å². The second-order valence-corrected chi connectivity index (χ2v) is 6.37. The lowest BCUT2D eigenvalue weighted by Crippen LogP contribution is -2.34. The topological polar surface area (TPSA) is 42.2 Å². The van der Waals surface area contributed by atoms with Crippen LogP contribution in [0, 0.1) is 6.92 Å². The quantitative estimate of drug-likeness (QED) is 0.937. The number of halogens is 1. The lowest BCUT2D eigenvalue weighted by atomic mass is 10.2. The van der Waals surface area contributed by atoms with E-state index >= 15 is 0 Å². The van der Waals surface area contributed by atoms with Crippen LogP contribution < -0.4 is 5.73 Å². The van der Waals surface area contributed by atoms with Crippen molar-refractivity contribution in [2.45, 2.75) is 32.4 Å². The van der Waals surface area contributed by atoms with Crippen molar-refractivity contribution in [3.05, 3.63) is 40.9 Å². The van der Waals surface area contributed by atoms with Crippen molar-refractivity contribution >= 4 is 23.7 Å². The summed E-state index contributed by atoms with van der Waals surface area (Å²) in [6.07, 6.45) is 2.49. The summed E-state index contributed by atoms with van der Waals surface area (Å²) < 4.78 is 0. The molecule has 1 aromatic carbocycles. The molecule has 0 bridgehead atoms. The fourth-order valence-electron chi connectivity index (χ4n) is 2.79. The van der Waals surface area contributed by atoms with E-state index in [4.69, 9.17) is 10.7 Å². The van der Waals surface area contributed by atoms with Crippen LogP contribution in [0.3, 0.4) is 0 Å². The summed E-state index contributed by atoms with van der Waals surface area (Å²) in [5.74, 6) is 0. The molecule has 1 atom stereocenters. The molecule has 1 aromatic heterocycles. The first-order valence-electron chi connectivity index (χ1n) is 7.22. The summed E-state index contributed by atoms with van der Waals surface area (Å²) in [6, 6.07) is 9.12. The summed E-state index contributed by atoms with van der Waals surface area (Å²) in [7, 11) is 0. The molecule has 1 saturated heterocycles. The normalized spacial score (nSPS) is 18.7.